The lowest BCUT2D eigenvalue weighted by atomic mass is 9.82. The van der Waals surface area contributed by atoms with Gasteiger partial charge in [-0.1, -0.05) is 13.0 Å². The highest BCUT2D eigenvalue weighted by atomic mass is 19.4. The number of allylic oxidation sites excluding steroid dienone is 2. The van der Waals surface area contributed by atoms with Crippen molar-refractivity contribution in [2.75, 3.05) is 13.1 Å². The van der Waals surface area contributed by atoms with E-state index in [1.54, 1.807) is 0 Å². The molecule has 3 N–H and O–H groups in total. The molecule has 0 radical (unpaired) electrons. The lowest BCUT2D eigenvalue weighted by molar-refractivity contribution is -0.172. The molecule has 0 amide bonds. The van der Waals surface area contributed by atoms with Crippen molar-refractivity contribution in [2.24, 2.45) is 11.7 Å². The Morgan fingerprint density at radius 1 is 1.08 bits per heavy atom. The summed E-state index contributed by atoms with van der Waals surface area (Å²) in [6, 6.07) is -3.49. The third-order valence-corrected chi connectivity index (χ3v) is 7.17. The molecule has 0 aromatic carbocycles. The van der Waals surface area contributed by atoms with Gasteiger partial charge in [0.1, 0.15) is 11.4 Å². The SMILES string of the molecule is CC1c2c(c(=O)[nH]c(=O)n2C2CC2)C(C(F)F)=C(F)C1N1CCC(C(N)C=C(C(F)(F)F)C(F)(F)F)C1. The fraction of sp³-hybridized carbons (Fsp3) is 0.636. The lowest BCUT2D eigenvalue weighted by Crippen LogP contribution is -2.46. The van der Waals surface area contributed by atoms with Gasteiger partial charge in [-0.2, -0.15) is 26.3 Å². The third-order valence-electron chi connectivity index (χ3n) is 7.17. The normalized spacial score (nSPS) is 26.0. The van der Waals surface area contributed by atoms with Gasteiger partial charge in [0, 0.05) is 30.2 Å². The van der Waals surface area contributed by atoms with Gasteiger partial charge in [-0.25, -0.2) is 18.0 Å². The Labute approximate surface area is 203 Å². The van der Waals surface area contributed by atoms with Crippen molar-refractivity contribution in [3.8, 4) is 0 Å². The molecule has 2 fully saturated rings. The van der Waals surface area contributed by atoms with Crippen molar-refractivity contribution in [3.63, 3.8) is 0 Å². The molecule has 1 aliphatic heterocycles. The van der Waals surface area contributed by atoms with Gasteiger partial charge in [-0.05, 0) is 31.7 Å². The number of aromatic nitrogens is 2. The van der Waals surface area contributed by atoms with Crippen LogP contribution in [0.15, 0.2) is 27.1 Å². The molecular weight excluding hydrogens is 523 g/mol. The number of nitrogens with zero attached hydrogens (tertiary/aromatic N) is 2. The number of halogens is 9. The maximum Gasteiger partial charge on any atom is 0.421 e. The summed E-state index contributed by atoms with van der Waals surface area (Å²) in [5, 5.41) is 0. The minimum absolute atomic E-state index is 0.0289. The van der Waals surface area contributed by atoms with E-state index in [4.69, 9.17) is 5.73 Å². The number of aromatic amines is 1. The first-order valence-corrected chi connectivity index (χ1v) is 11.5. The summed E-state index contributed by atoms with van der Waals surface area (Å²) >= 11 is 0. The molecule has 1 saturated carbocycles. The molecule has 206 valence electrons. The fourth-order valence-electron chi connectivity index (χ4n) is 5.37. The van der Waals surface area contributed by atoms with Gasteiger partial charge in [-0.15, -0.1) is 0 Å². The Kier molecular flexibility index (Phi) is 6.93. The smallest absolute Gasteiger partial charge is 0.324 e. The molecule has 0 spiro atoms. The highest BCUT2D eigenvalue weighted by Crippen LogP contribution is 2.46. The first-order valence-electron chi connectivity index (χ1n) is 11.5. The number of alkyl halides is 8. The zero-order chi connectivity index (χ0) is 27.6. The molecule has 4 unspecified atom stereocenters. The van der Waals surface area contributed by atoms with Crippen LogP contribution in [0, 0.1) is 5.92 Å². The summed E-state index contributed by atoms with van der Waals surface area (Å²) in [7, 11) is 0. The third kappa shape index (κ3) is 4.99. The van der Waals surface area contributed by atoms with Crippen LogP contribution in [-0.4, -0.2) is 58.4 Å². The zero-order valence-electron chi connectivity index (χ0n) is 19.3. The minimum atomic E-state index is -5.70. The molecule has 2 heterocycles. The first kappa shape index (κ1) is 27.5. The Morgan fingerprint density at radius 3 is 2.19 bits per heavy atom. The predicted octanol–water partition coefficient (Wildman–Crippen LogP) is 4.00. The van der Waals surface area contributed by atoms with E-state index < -0.39 is 76.5 Å². The molecule has 2 aliphatic carbocycles. The number of rotatable bonds is 5. The average Bonchev–Trinajstić information content (AvgIpc) is 3.47. The van der Waals surface area contributed by atoms with Crippen molar-refractivity contribution >= 4 is 5.57 Å². The molecule has 15 heteroatoms. The molecular formula is C22H23F9N4O2. The van der Waals surface area contributed by atoms with Crippen molar-refractivity contribution in [2.45, 2.75) is 69.0 Å². The molecule has 1 aromatic heterocycles. The van der Waals surface area contributed by atoms with E-state index in [0.717, 1.165) is 0 Å². The Hall–Kier alpha value is -2.55. The molecule has 1 saturated heterocycles. The van der Waals surface area contributed by atoms with Crippen LogP contribution in [0.4, 0.5) is 39.5 Å². The summed E-state index contributed by atoms with van der Waals surface area (Å²) in [4.78, 5) is 28.3. The second kappa shape index (κ2) is 9.33. The molecule has 1 aromatic rings. The van der Waals surface area contributed by atoms with Gasteiger partial charge >= 0.3 is 18.0 Å². The van der Waals surface area contributed by atoms with E-state index >= 15 is 4.39 Å². The van der Waals surface area contributed by atoms with E-state index in [0.29, 0.717) is 12.8 Å². The number of H-pyrrole nitrogens is 1. The average molecular weight is 546 g/mol. The van der Waals surface area contributed by atoms with Crippen LogP contribution in [0.1, 0.15) is 49.4 Å². The number of hydrogen-bond donors (Lipinski definition) is 2. The van der Waals surface area contributed by atoms with E-state index in [1.165, 1.54) is 16.4 Å². The first-order chi connectivity index (χ1) is 17.0. The highest BCUT2D eigenvalue weighted by Gasteiger charge is 2.52. The number of hydrogen-bond acceptors (Lipinski definition) is 4. The Bertz CT molecular complexity index is 1220. The number of fused-ring (bicyclic) bond motifs is 1. The lowest BCUT2D eigenvalue weighted by Gasteiger charge is -2.38. The van der Waals surface area contributed by atoms with Crippen molar-refractivity contribution in [1.82, 2.24) is 14.5 Å². The van der Waals surface area contributed by atoms with E-state index in [2.05, 4.69) is 0 Å². The monoisotopic (exact) mass is 546 g/mol. The molecule has 37 heavy (non-hydrogen) atoms. The van der Waals surface area contributed by atoms with E-state index in [-0.39, 0.29) is 37.3 Å². The quantitative estimate of drug-likeness (QED) is 0.432. The largest absolute Gasteiger partial charge is 0.421 e. The standard InChI is InChI=1S/C22H23F9N4O2/c1-8-16-14(19(36)33-20(37)35(16)10-2-3-10)13(18(24)25)15(23)17(8)34-5-4-9(7-34)11(32)6-12(21(26,27)28)22(29,30)31/h6,8-11,17-18H,2-5,7,32H2,1H3,(H,33,36,37). The van der Waals surface area contributed by atoms with Gasteiger partial charge in [0.2, 0.25) is 0 Å². The van der Waals surface area contributed by atoms with Gasteiger partial charge in [0.25, 0.3) is 12.0 Å². The van der Waals surface area contributed by atoms with E-state index in [9.17, 15) is 44.7 Å². The van der Waals surface area contributed by atoms with Crippen LogP contribution in [0.5, 0.6) is 0 Å². The molecule has 4 atom stereocenters. The number of likely N-dealkylation sites (tertiary alicyclic amines) is 1. The Balaban J connectivity index is 1.71. The molecule has 3 aliphatic rings. The summed E-state index contributed by atoms with van der Waals surface area (Å²) in [6.07, 6.45) is -13.9. The summed E-state index contributed by atoms with van der Waals surface area (Å²) in [6.45, 7) is 1.08. The van der Waals surface area contributed by atoms with E-state index in [1.807, 2.05) is 4.98 Å². The maximum absolute atomic E-state index is 15.6. The number of nitrogens with two attached hydrogens (primary N) is 1. The summed E-state index contributed by atoms with van der Waals surface area (Å²) in [5.41, 5.74) is -0.947. The van der Waals surface area contributed by atoms with Crippen LogP contribution in [0.25, 0.3) is 5.57 Å². The fourth-order valence-corrected chi connectivity index (χ4v) is 5.37. The van der Waals surface area contributed by atoms with Crippen LogP contribution < -0.4 is 17.0 Å². The van der Waals surface area contributed by atoms with Crippen molar-refractivity contribution in [3.05, 3.63) is 49.6 Å². The van der Waals surface area contributed by atoms with Crippen LogP contribution in [0.3, 0.4) is 0 Å². The maximum atomic E-state index is 15.6. The van der Waals surface area contributed by atoms with Crippen molar-refractivity contribution < 1.29 is 39.5 Å². The van der Waals surface area contributed by atoms with Gasteiger partial charge < -0.3 is 5.73 Å². The predicted molar refractivity (Wildman–Crippen MR) is 114 cm³/mol. The summed E-state index contributed by atoms with van der Waals surface area (Å²) < 4.78 is 122. The van der Waals surface area contributed by atoms with Gasteiger partial charge in [0.05, 0.1) is 17.2 Å². The van der Waals surface area contributed by atoms with Crippen LogP contribution in [-0.2, 0) is 0 Å². The second-order valence-corrected chi connectivity index (χ2v) is 9.61. The number of nitrogens with one attached hydrogen (secondary N) is 1. The van der Waals surface area contributed by atoms with Gasteiger partial charge in [0.15, 0.2) is 0 Å². The molecule has 6 nitrogen and oxygen atoms in total. The summed E-state index contributed by atoms with van der Waals surface area (Å²) in [5.74, 6) is -3.31. The minimum Gasteiger partial charge on any atom is -0.324 e. The second-order valence-electron chi connectivity index (χ2n) is 9.61. The molecule has 0 bridgehead atoms. The highest BCUT2D eigenvalue weighted by molar-refractivity contribution is 5.74. The Morgan fingerprint density at radius 2 is 1.68 bits per heavy atom. The van der Waals surface area contributed by atoms with Crippen molar-refractivity contribution in [1.29, 1.82) is 0 Å². The van der Waals surface area contributed by atoms with Crippen LogP contribution >= 0.6 is 0 Å². The topological polar surface area (TPSA) is 84.1 Å². The van der Waals surface area contributed by atoms with Crippen LogP contribution in [0.2, 0.25) is 0 Å². The van der Waals surface area contributed by atoms with Gasteiger partial charge in [-0.3, -0.25) is 19.2 Å². The molecule has 4 rings (SSSR count). The zero-order valence-corrected chi connectivity index (χ0v) is 19.3.